The first-order chi connectivity index (χ1) is 8.69. The van der Waals surface area contributed by atoms with Crippen LogP contribution in [0.3, 0.4) is 0 Å². The van der Waals surface area contributed by atoms with Crippen molar-refractivity contribution < 1.29 is 4.74 Å². The lowest BCUT2D eigenvalue weighted by atomic mass is 9.87. The maximum atomic E-state index is 5.96. The van der Waals surface area contributed by atoms with Crippen LogP contribution in [0.5, 0.6) is 0 Å². The van der Waals surface area contributed by atoms with E-state index in [9.17, 15) is 0 Å². The molecule has 0 amide bonds. The van der Waals surface area contributed by atoms with E-state index in [4.69, 9.17) is 4.74 Å². The minimum atomic E-state index is -0.0545. The fourth-order valence-electron chi connectivity index (χ4n) is 3.02. The molecule has 2 rings (SSSR count). The zero-order valence-corrected chi connectivity index (χ0v) is 11.8. The van der Waals surface area contributed by atoms with Gasteiger partial charge in [0.1, 0.15) is 0 Å². The number of hydrogen-bond donors (Lipinski definition) is 1. The van der Waals surface area contributed by atoms with Crippen molar-refractivity contribution in [2.24, 2.45) is 0 Å². The van der Waals surface area contributed by atoms with Crippen LogP contribution in [0.15, 0.2) is 24.3 Å². The summed E-state index contributed by atoms with van der Waals surface area (Å²) in [6.07, 6.45) is 4.67. The minimum absolute atomic E-state index is 0.0545. The van der Waals surface area contributed by atoms with Crippen LogP contribution in [0, 0.1) is 0 Å². The highest BCUT2D eigenvalue weighted by Gasteiger charge is 2.38. The third-order valence-electron chi connectivity index (χ3n) is 4.00. The van der Waals surface area contributed by atoms with Crippen LogP contribution in [0.4, 0.5) is 0 Å². The van der Waals surface area contributed by atoms with E-state index in [1.165, 1.54) is 24.0 Å². The minimum Gasteiger partial charge on any atom is -0.373 e. The molecule has 1 heterocycles. The average molecular weight is 247 g/mol. The van der Waals surface area contributed by atoms with Crippen molar-refractivity contribution in [3.05, 3.63) is 35.4 Å². The number of benzene rings is 1. The van der Waals surface area contributed by atoms with Gasteiger partial charge in [0.05, 0.1) is 11.6 Å². The lowest BCUT2D eigenvalue weighted by Crippen LogP contribution is -2.39. The Hall–Kier alpha value is -0.860. The van der Waals surface area contributed by atoms with Crippen molar-refractivity contribution in [2.75, 3.05) is 13.7 Å². The number of aryl methyl sites for hydroxylation is 1. The summed E-state index contributed by atoms with van der Waals surface area (Å²) in [5, 5.41) is 3.43. The number of hydrogen-bond acceptors (Lipinski definition) is 2. The Bertz CT molecular complexity index is 365. The summed E-state index contributed by atoms with van der Waals surface area (Å²) < 4.78 is 5.96. The van der Waals surface area contributed by atoms with Gasteiger partial charge in [0.15, 0.2) is 0 Å². The number of ether oxygens (including phenoxy) is 1. The van der Waals surface area contributed by atoms with Gasteiger partial charge in [-0.1, -0.05) is 37.6 Å². The fraction of sp³-hybridized carbons (Fsp3) is 0.625. The second-order valence-electron chi connectivity index (χ2n) is 5.48. The van der Waals surface area contributed by atoms with Crippen molar-refractivity contribution >= 4 is 0 Å². The van der Waals surface area contributed by atoms with E-state index in [2.05, 4.69) is 43.4 Å². The quantitative estimate of drug-likeness (QED) is 0.860. The molecule has 0 saturated carbocycles. The normalized spacial score (nSPS) is 25.3. The molecule has 2 unspecified atom stereocenters. The highest BCUT2D eigenvalue weighted by Crippen LogP contribution is 2.37. The van der Waals surface area contributed by atoms with Crippen molar-refractivity contribution in [3.8, 4) is 0 Å². The van der Waals surface area contributed by atoms with Crippen LogP contribution in [-0.4, -0.2) is 19.3 Å². The van der Waals surface area contributed by atoms with Crippen molar-refractivity contribution in [1.29, 1.82) is 0 Å². The first kappa shape index (κ1) is 13.6. The maximum Gasteiger partial charge on any atom is 0.0849 e. The van der Waals surface area contributed by atoms with E-state index >= 15 is 0 Å². The van der Waals surface area contributed by atoms with Crippen molar-refractivity contribution in [3.63, 3.8) is 0 Å². The predicted octanol–water partition coefficient (Wildman–Crippen LogP) is 3.47. The Morgan fingerprint density at radius 1 is 1.33 bits per heavy atom. The molecule has 1 aliphatic rings. The van der Waals surface area contributed by atoms with E-state index in [1.54, 1.807) is 0 Å². The second kappa shape index (κ2) is 5.85. The molecule has 1 fully saturated rings. The topological polar surface area (TPSA) is 21.3 Å². The van der Waals surface area contributed by atoms with Gasteiger partial charge in [-0.25, -0.2) is 0 Å². The second-order valence-corrected chi connectivity index (χ2v) is 5.48. The Balaban J connectivity index is 2.16. The smallest absolute Gasteiger partial charge is 0.0849 e. The van der Waals surface area contributed by atoms with E-state index in [-0.39, 0.29) is 11.6 Å². The molecule has 0 aliphatic carbocycles. The molecular formula is C16H25NO. The van der Waals surface area contributed by atoms with Crippen LogP contribution >= 0.6 is 0 Å². The molecule has 2 nitrogen and oxygen atoms in total. The molecule has 100 valence electrons. The van der Waals surface area contributed by atoms with E-state index in [1.807, 2.05) is 7.05 Å². The molecule has 2 atom stereocenters. The molecule has 0 radical (unpaired) electrons. The van der Waals surface area contributed by atoms with Crippen LogP contribution in [-0.2, 0) is 11.2 Å². The molecule has 1 aromatic carbocycles. The highest BCUT2D eigenvalue weighted by atomic mass is 16.5. The Labute approximate surface area is 111 Å². The lowest BCUT2D eigenvalue weighted by Gasteiger charge is -2.33. The summed E-state index contributed by atoms with van der Waals surface area (Å²) in [7, 11) is 2.03. The van der Waals surface area contributed by atoms with Gasteiger partial charge in [-0.05, 0) is 44.4 Å². The third-order valence-corrected chi connectivity index (χ3v) is 4.00. The van der Waals surface area contributed by atoms with Crippen LogP contribution < -0.4 is 5.32 Å². The van der Waals surface area contributed by atoms with E-state index < -0.39 is 0 Å². The first-order valence-electron chi connectivity index (χ1n) is 7.09. The standard InChI is InChI=1S/C16H25NO/c1-4-6-13-7-9-14(10-8-13)15(17-3)16(2)11-5-12-18-16/h7-10,15,17H,4-6,11-12H2,1-3H3. The lowest BCUT2D eigenvalue weighted by molar-refractivity contribution is -0.0104. The van der Waals surface area contributed by atoms with E-state index in [0.29, 0.717) is 0 Å². The Morgan fingerprint density at radius 2 is 2.06 bits per heavy atom. The van der Waals surface area contributed by atoms with E-state index in [0.717, 1.165) is 19.4 Å². The highest BCUT2D eigenvalue weighted by molar-refractivity contribution is 5.27. The molecule has 18 heavy (non-hydrogen) atoms. The largest absolute Gasteiger partial charge is 0.373 e. The summed E-state index contributed by atoms with van der Waals surface area (Å²) in [6.45, 7) is 5.33. The number of rotatable bonds is 5. The van der Waals surface area contributed by atoms with Gasteiger partial charge >= 0.3 is 0 Å². The van der Waals surface area contributed by atoms with Gasteiger partial charge in [0.25, 0.3) is 0 Å². The van der Waals surface area contributed by atoms with Crippen LogP contribution in [0.1, 0.15) is 50.3 Å². The number of likely N-dealkylation sites (N-methyl/N-ethyl adjacent to an activating group) is 1. The molecule has 1 N–H and O–H groups in total. The molecule has 0 aromatic heterocycles. The first-order valence-corrected chi connectivity index (χ1v) is 7.09. The molecule has 1 aliphatic heterocycles. The monoisotopic (exact) mass is 247 g/mol. The molecular weight excluding hydrogens is 222 g/mol. The van der Waals surface area contributed by atoms with Gasteiger partial charge in [-0.3, -0.25) is 0 Å². The molecule has 1 aromatic rings. The summed E-state index contributed by atoms with van der Waals surface area (Å²) in [5.41, 5.74) is 2.71. The van der Waals surface area contributed by atoms with Crippen molar-refractivity contribution in [1.82, 2.24) is 5.32 Å². The van der Waals surface area contributed by atoms with Gasteiger partial charge in [-0.2, -0.15) is 0 Å². The molecule has 2 heteroatoms. The summed E-state index contributed by atoms with van der Waals surface area (Å²) in [5.74, 6) is 0. The molecule has 0 bridgehead atoms. The van der Waals surface area contributed by atoms with Gasteiger partial charge in [0, 0.05) is 6.61 Å². The van der Waals surface area contributed by atoms with Gasteiger partial charge in [0.2, 0.25) is 0 Å². The third kappa shape index (κ3) is 2.76. The van der Waals surface area contributed by atoms with Gasteiger partial charge < -0.3 is 10.1 Å². The van der Waals surface area contributed by atoms with Crippen molar-refractivity contribution in [2.45, 2.75) is 51.2 Å². The van der Waals surface area contributed by atoms with Crippen LogP contribution in [0.2, 0.25) is 0 Å². The maximum absolute atomic E-state index is 5.96. The average Bonchev–Trinajstić information content (AvgIpc) is 2.80. The molecule has 0 spiro atoms. The SMILES string of the molecule is CCCc1ccc(C(NC)C2(C)CCCO2)cc1. The Kier molecular flexibility index (Phi) is 4.41. The zero-order valence-electron chi connectivity index (χ0n) is 11.8. The number of nitrogens with one attached hydrogen (secondary N) is 1. The molecule has 1 saturated heterocycles. The Morgan fingerprint density at radius 3 is 2.56 bits per heavy atom. The van der Waals surface area contributed by atoms with Gasteiger partial charge in [-0.15, -0.1) is 0 Å². The zero-order chi connectivity index (χ0) is 13.0. The summed E-state index contributed by atoms with van der Waals surface area (Å²) in [6, 6.07) is 9.29. The summed E-state index contributed by atoms with van der Waals surface area (Å²) in [4.78, 5) is 0. The predicted molar refractivity (Wildman–Crippen MR) is 75.8 cm³/mol. The fourth-order valence-corrected chi connectivity index (χ4v) is 3.02. The summed E-state index contributed by atoms with van der Waals surface area (Å²) >= 11 is 0. The van der Waals surface area contributed by atoms with Crippen LogP contribution in [0.25, 0.3) is 0 Å².